The summed E-state index contributed by atoms with van der Waals surface area (Å²) in [6.07, 6.45) is 1.16. The molecule has 0 saturated carbocycles. The van der Waals surface area contributed by atoms with Gasteiger partial charge in [-0.25, -0.2) is 0 Å². The Bertz CT molecular complexity index is 963. The van der Waals surface area contributed by atoms with Crippen LogP contribution in [0.25, 0.3) is 10.8 Å². The van der Waals surface area contributed by atoms with Crippen molar-refractivity contribution in [2.75, 3.05) is 36.1 Å². The van der Waals surface area contributed by atoms with Crippen molar-refractivity contribution in [1.29, 1.82) is 0 Å². The average Bonchev–Trinajstić information content (AvgIpc) is 2.81. The maximum atomic E-state index is 12.2. The molecule has 0 aromatic heterocycles. The SMILES string of the molecule is O=C(CCCOc1cccc2ccccc12)NCc1ccc(N2CCSCC2)cc1. The van der Waals surface area contributed by atoms with E-state index in [9.17, 15) is 4.79 Å². The second-order valence-electron chi connectivity index (χ2n) is 7.47. The van der Waals surface area contributed by atoms with Crippen LogP contribution in [0.2, 0.25) is 0 Å². The molecule has 0 radical (unpaired) electrons. The second-order valence-corrected chi connectivity index (χ2v) is 8.70. The summed E-state index contributed by atoms with van der Waals surface area (Å²) in [5.41, 5.74) is 2.40. The van der Waals surface area contributed by atoms with Crippen molar-refractivity contribution >= 4 is 34.1 Å². The topological polar surface area (TPSA) is 41.6 Å². The van der Waals surface area contributed by atoms with Crippen LogP contribution >= 0.6 is 11.8 Å². The van der Waals surface area contributed by atoms with E-state index in [1.54, 1.807) is 0 Å². The number of carbonyl (C=O) groups excluding carboxylic acids is 1. The summed E-state index contributed by atoms with van der Waals surface area (Å²) in [6, 6.07) is 22.8. The van der Waals surface area contributed by atoms with Crippen molar-refractivity contribution in [1.82, 2.24) is 5.32 Å². The molecule has 1 saturated heterocycles. The van der Waals surface area contributed by atoms with Gasteiger partial charge in [0.05, 0.1) is 6.61 Å². The number of nitrogens with one attached hydrogen (secondary N) is 1. The zero-order valence-electron chi connectivity index (χ0n) is 17.2. The number of fused-ring (bicyclic) bond motifs is 1. The van der Waals surface area contributed by atoms with E-state index in [-0.39, 0.29) is 5.91 Å². The van der Waals surface area contributed by atoms with Crippen LogP contribution in [0.15, 0.2) is 66.7 Å². The quantitative estimate of drug-likeness (QED) is 0.528. The molecule has 5 heteroatoms. The molecule has 1 aliphatic rings. The summed E-state index contributed by atoms with van der Waals surface area (Å²) >= 11 is 2.02. The lowest BCUT2D eigenvalue weighted by atomic mass is 10.1. The summed E-state index contributed by atoms with van der Waals surface area (Å²) in [5.74, 6) is 3.33. The van der Waals surface area contributed by atoms with Crippen molar-refractivity contribution in [3.63, 3.8) is 0 Å². The van der Waals surface area contributed by atoms with Gasteiger partial charge in [-0.15, -0.1) is 0 Å². The number of benzene rings is 3. The van der Waals surface area contributed by atoms with Crippen LogP contribution in [-0.4, -0.2) is 37.1 Å². The molecule has 4 rings (SSSR count). The van der Waals surface area contributed by atoms with E-state index < -0.39 is 0 Å². The van der Waals surface area contributed by atoms with Crippen LogP contribution in [-0.2, 0) is 11.3 Å². The number of anilines is 1. The predicted octanol–water partition coefficient (Wildman–Crippen LogP) is 4.87. The van der Waals surface area contributed by atoms with Gasteiger partial charge in [0.15, 0.2) is 0 Å². The molecule has 1 amide bonds. The van der Waals surface area contributed by atoms with Crippen LogP contribution in [0.1, 0.15) is 18.4 Å². The van der Waals surface area contributed by atoms with Gasteiger partial charge >= 0.3 is 0 Å². The molecule has 3 aromatic carbocycles. The molecule has 1 aliphatic heterocycles. The Balaban J connectivity index is 1.18. The number of thioether (sulfide) groups is 1. The Labute approximate surface area is 182 Å². The van der Waals surface area contributed by atoms with Gasteiger partial charge in [0.1, 0.15) is 5.75 Å². The van der Waals surface area contributed by atoms with Crippen LogP contribution in [0.4, 0.5) is 5.69 Å². The summed E-state index contributed by atoms with van der Waals surface area (Å²) in [7, 11) is 0. The van der Waals surface area contributed by atoms with Gasteiger partial charge in [-0.2, -0.15) is 11.8 Å². The van der Waals surface area contributed by atoms with E-state index >= 15 is 0 Å². The first-order chi connectivity index (χ1) is 14.8. The molecule has 0 aliphatic carbocycles. The van der Waals surface area contributed by atoms with Crippen molar-refractivity contribution in [2.24, 2.45) is 0 Å². The van der Waals surface area contributed by atoms with Crippen molar-refractivity contribution < 1.29 is 9.53 Å². The number of amides is 1. The lowest BCUT2D eigenvalue weighted by Gasteiger charge is -2.28. The van der Waals surface area contributed by atoms with E-state index in [1.165, 1.54) is 17.2 Å². The number of nitrogens with zero attached hydrogens (tertiary/aromatic N) is 1. The van der Waals surface area contributed by atoms with Gasteiger partial charge < -0.3 is 15.0 Å². The molecular formula is C25H28N2O2S. The number of carbonyl (C=O) groups is 1. The summed E-state index contributed by atoms with van der Waals surface area (Å²) < 4.78 is 5.92. The van der Waals surface area contributed by atoms with Gasteiger partial charge in [-0.05, 0) is 35.6 Å². The maximum absolute atomic E-state index is 12.2. The maximum Gasteiger partial charge on any atom is 0.220 e. The molecule has 30 heavy (non-hydrogen) atoms. The molecule has 1 heterocycles. The number of rotatable bonds is 8. The number of hydrogen-bond acceptors (Lipinski definition) is 4. The summed E-state index contributed by atoms with van der Waals surface area (Å²) in [4.78, 5) is 14.6. The van der Waals surface area contributed by atoms with Gasteiger partial charge in [0, 0.05) is 48.6 Å². The van der Waals surface area contributed by atoms with E-state index in [4.69, 9.17) is 4.74 Å². The standard InChI is InChI=1S/C25H28N2O2S/c28-25(9-4-16-29-24-8-3-6-21-5-1-2-7-23(21)24)26-19-20-10-12-22(13-11-20)27-14-17-30-18-15-27/h1-3,5-8,10-13H,4,9,14-19H2,(H,26,28). The fraction of sp³-hybridized carbons (Fsp3) is 0.320. The highest BCUT2D eigenvalue weighted by molar-refractivity contribution is 7.99. The lowest BCUT2D eigenvalue weighted by molar-refractivity contribution is -0.121. The van der Waals surface area contributed by atoms with Gasteiger partial charge in [0.25, 0.3) is 0 Å². The van der Waals surface area contributed by atoms with Gasteiger partial charge in [0.2, 0.25) is 5.91 Å². The first kappa shape index (κ1) is 20.6. The smallest absolute Gasteiger partial charge is 0.220 e. The average molecular weight is 421 g/mol. The second kappa shape index (κ2) is 10.4. The zero-order chi connectivity index (χ0) is 20.6. The normalized spacial score (nSPS) is 13.9. The monoisotopic (exact) mass is 420 g/mol. The first-order valence-corrected chi connectivity index (χ1v) is 11.7. The molecule has 0 spiro atoms. The van der Waals surface area contributed by atoms with Crippen molar-refractivity contribution in [3.8, 4) is 5.75 Å². The largest absolute Gasteiger partial charge is 0.493 e. The van der Waals surface area contributed by atoms with Crippen LogP contribution in [0.5, 0.6) is 5.75 Å². The minimum atomic E-state index is 0.0636. The number of hydrogen-bond donors (Lipinski definition) is 1. The molecule has 0 atom stereocenters. The minimum Gasteiger partial charge on any atom is -0.493 e. The molecule has 0 bridgehead atoms. The van der Waals surface area contributed by atoms with E-state index in [2.05, 4.69) is 52.7 Å². The minimum absolute atomic E-state index is 0.0636. The van der Waals surface area contributed by atoms with E-state index in [0.29, 0.717) is 26.0 Å². The Morgan fingerprint density at radius 1 is 0.967 bits per heavy atom. The third-order valence-electron chi connectivity index (χ3n) is 5.36. The van der Waals surface area contributed by atoms with E-state index in [0.717, 1.165) is 35.2 Å². The van der Waals surface area contributed by atoms with Crippen molar-refractivity contribution in [3.05, 3.63) is 72.3 Å². The van der Waals surface area contributed by atoms with Gasteiger partial charge in [-0.1, -0.05) is 48.5 Å². The third-order valence-corrected chi connectivity index (χ3v) is 6.30. The lowest BCUT2D eigenvalue weighted by Crippen LogP contribution is -2.32. The Morgan fingerprint density at radius 3 is 2.57 bits per heavy atom. The number of ether oxygens (including phenoxy) is 1. The Kier molecular flexibility index (Phi) is 7.14. The van der Waals surface area contributed by atoms with Gasteiger partial charge in [-0.3, -0.25) is 4.79 Å². The molecule has 156 valence electrons. The summed E-state index contributed by atoms with van der Waals surface area (Å²) in [6.45, 7) is 3.33. The molecule has 0 unspecified atom stereocenters. The van der Waals surface area contributed by atoms with Crippen molar-refractivity contribution in [2.45, 2.75) is 19.4 Å². The zero-order valence-corrected chi connectivity index (χ0v) is 18.0. The molecule has 1 fully saturated rings. The molecular weight excluding hydrogens is 392 g/mol. The fourth-order valence-corrected chi connectivity index (χ4v) is 4.57. The highest BCUT2D eigenvalue weighted by Gasteiger charge is 2.11. The molecule has 3 aromatic rings. The van der Waals surface area contributed by atoms with Crippen LogP contribution < -0.4 is 15.0 Å². The highest BCUT2D eigenvalue weighted by atomic mass is 32.2. The van der Waals surface area contributed by atoms with E-state index in [1.807, 2.05) is 36.0 Å². The fourth-order valence-electron chi connectivity index (χ4n) is 3.67. The summed E-state index contributed by atoms with van der Waals surface area (Å²) in [5, 5.41) is 5.29. The first-order valence-electron chi connectivity index (χ1n) is 10.6. The van der Waals surface area contributed by atoms with Crippen LogP contribution in [0.3, 0.4) is 0 Å². The highest BCUT2D eigenvalue weighted by Crippen LogP contribution is 2.25. The Morgan fingerprint density at radius 2 is 1.73 bits per heavy atom. The third kappa shape index (κ3) is 5.48. The molecule has 4 nitrogen and oxygen atoms in total. The predicted molar refractivity (Wildman–Crippen MR) is 127 cm³/mol. The Hall–Kier alpha value is -2.66. The molecule has 1 N–H and O–H groups in total. The van der Waals surface area contributed by atoms with Crippen LogP contribution in [0, 0.1) is 0 Å².